The van der Waals surface area contributed by atoms with Crippen LogP contribution < -0.4 is 10.6 Å². The van der Waals surface area contributed by atoms with Gasteiger partial charge in [0.2, 0.25) is 0 Å². The van der Waals surface area contributed by atoms with E-state index in [4.69, 9.17) is 12.2 Å². The van der Waals surface area contributed by atoms with Crippen LogP contribution in [0.3, 0.4) is 0 Å². The standard InChI is InChI=1S/C15H26N4S/c1-4-19-12(3)14(10-16-19)11(2)17-15(20)18-13-8-6-5-7-9-13/h10-11,13H,4-9H2,1-3H3,(H2,17,18,20). The number of aromatic nitrogens is 2. The lowest BCUT2D eigenvalue weighted by molar-refractivity contribution is 0.411. The molecule has 112 valence electrons. The van der Waals surface area contributed by atoms with E-state index in [1.165, 1.54) is 43.4 Å². The molecule has 1 atom stereocenters. The zero-order chi connectivity index (χ0) is 14.5. The van der Waals surface area contributed by atoms with Gasteiger partial charge in [-0.15, -0.1) is 0 Å². The summed E-state index contributed by atoms with van der Waals surface area (Å²) >= 11 is 5.44. The Labute approximate surface area is 127 Å². The van der Waals surface area contributed by atoms with Gasteiger partial charge in [0.15, 0.2) is 5.11 Å². The fraction of sp³-hybridized carbons (Fsp3) is 0.733. The molecular weight excluding hydrogens is 268 g/mol. The average molecular weight is 294 g/mol. The Morgan fingerprint density at radius 1 is 1.45 bits per heavy atom. The number of nitrogens with zero attached hydrogens (tertiary/aromatic N) is 2. The van der Waals surface area contributed by atoms with Crippen LogP contribution in [-0.2, 0) is 6.54 Å². The van der Waals surface area contributed by atoms with Crippen LogP contribution in [0.5, 0.6) is 0 Å². The van der Waals surface area contributed by atoms with E-state index in [9.17, 15) is 0 Å². The van der Waals surface area contributed by atoms with E-state index in [0.29, 0.717) is 6.04 Å². The van der Waals surface area contributed by atoms with Gasteiger partial charge in [-0.05, 0) is 45.8 Å². The maximum absolute atomic E-state index is 5.44. The van der Waals surface area contributed by atoms with E-state index in [1.54, 1.807) is 0 Å². The molecule has 1 saturated carbocycles. The molecule has 2 N–H and O–H groups in total. The van der Waals surface area contributed by atoms with Crippen LogP contribution in [0.15, 0.2) is 6.20 Å². The summed E-state index contributed by atoms with van der Waals surface area (Å²) in [7, 11) is 0. The lowest BCUT2D eigenvalue weighted by Gasteiger charge is -2.26. The number of nitrogens with one attached hydrogen (secondary N) is 2. The Morgan fingerprint density at radius 3 is 2.75 bits per heavy atom. The molecule has 1 aromatic heterocycles. The number of aryl methyl sites for hydroxylation is 1. The molecular formula is C15H26N4S. The molecule has 0 aromatic carbocycles. The SMILES string of the molecule is CCn1ncc(C(C)NC(=S)NC2CCCCC2)c1C. The van der Waals surface area contributed by atoms with Gasteiger partial charge in [0.25, 0.3) is 0 Å². The summed E-state index contributed by atoms with van der Waals surface area (Å²) in [6, 6.07) is 0.745. The van der Waals surface area contributed by atoms with Crippen molar-refractivity contribution in [3.8, 4) is 0 Å². The lowest BCUT2D eigenvalue weighted by atomic mass is 9.96. The summed E-state index contributed by atoms with van der Waals surface area (Å²) in [6.45, 7) is 7.26. The highest BCUT2D eigenvalue weighted by Crippen LogP contribution is 2.19. The minimum Gasteiger partial charge on any atom is -0.360 e. The van der Waals surface area contributed by atoms with Crippen molar-refractivity contribution in [3.63, 3.8) is 0 Å². The van der Waals surface area contributed by atoms with Gasteiger partial charge >= 0.3 is 0 Å². The Morgan fingerprint density at radius 2 is 2.15 bits per heavy atom. The van der Waals surface area contributed by atoms with Crippen molar-refractivity contribution in [3.05, 3.63) is 17.5 Å². The topological polar surface area (TPSA) is 41.9 Å². The number of hydrogen-bond acceptors (Lipinski definition) is 2. The number of hydrogen-bond donors (Lipinski definition) is 2. The van der Waals surface area contributed by atoms with Gasteiger partial charge in [0.05, 0.1) is 12.2 Å². The van der Waals surface area contributed by atoms with Crippen LogP contribution in [0.2, 0.25) is 0 Å². The zero-order valence-corrected chi connectivity index (χ0v) is 13.6. The molecule has 0 saturated heterocycles. The van der Waals surface area contributed by atoms with Gasteiger partial charge in [0.1, 0.15) is 0 Å². The minimum absolute atomic E-state index is 0.193. The van der Waals surface area contributed by atoms with E-state index >= 15 is 0 Å². The van der Waals surface area contributed by atoms with E-state index in [0.717, 1.165) is 11.7 Å². The molecule has 2 rings (SSSR count). The molecule has 0 amide bonds. The second-order valence-electron chi connectivity index (χ2n) is 5.68. The van der Waals surface area contributed by atoms with E-state index < -0.39 is 0 Å². The van der Waals surface area contributed by atoms with Crippen molar-refractivity contribution in [2.24, 2.45) is 0 Å². The monoisotopic (exact) mass is 294 g/mol. The Hall–Kier alpha value is -1.10. The third-order valence-corrected chi connectivity index (χ3v) is 4.43. The third kappa shape index (κ3) is 3.72. The third-order valence-electron chi connectivity index (χ3n) is 4.20. The first-order valence-corrected chi connectivity index (χ1v) is 8.12. The van der Waals surface area contributed by atoms with E-state index in [1.807, 2.05) is 10.9 Å². The van der Waals surface area contributed by atoms with Gasteiger partial charge in [-0.25, -0.2) is 0 Å². The quantitative estimate of drug-likeness (QED) is 0.838. The molecule has 4 nitrogen and oxygen atoms in total. The molecule has 0 spiro atoms. The fourth-order valence-electron chi connectivity index (χ4n) is 2.95. The first-order valence-electron chi connectivity index (χ1n) is 7.71. The predicted octanol–water partition coefficient (Wildman–Crippen LogP) is 3.07. The van der Waals surface area contributed by atoms with Crippen LogP contribution in [0, 0.1) is 6.92 Å². The van der Waals surface area contributed by atoms with Crippen molar-refractivity contribution < 1.29 is 0 Å². The smallest absolute Gasteiger partial charge is 0.166 e. The molecule has 0 radical (unpaired) electrons. The summed E-state index contributed by atoms with van der Waals surface area (Å²) in [4.78, 5) is 0. The van der Waals surface area contributed by atoms with Crippen molar-refractivity contribution in [1.29, 1.82) is 0 Å². The number of thiocarbonyl (C=S) groups is 1. The summed E-state index contributed by atoms with van der Waals surface area (Å²) < 4.78 is 2.02. The molecule has 1 aromatic rings. The van der Waals surface area contributed by atoms with Crippen molar-refractivity contribution >= 4 is 17.3 Å². The average Bonchev–Trinajstić information content (AvgIpc) is 2.80. The molecule has 0 aliphatic heterocycles. The van der Waals surface area contributed by atoms with Crippen LogP contribution in [0.4, 0.5) is 0 Å². The molecule has 5 heteroatoms. The van der Waals surface area contributed by atoms with Gasteiger partial charge in [0, 0.05) is 23.8 Å². The van der Waals surface area contributed by atoms with Crippen molar-refractivity contribution in [1.82, 2.24) is 20.4 Å². The van der Waals surface area contributed by atoms with Crippen LogP contribution in [-0.4, -0.2) is 20.9 Å². The summed E-state index contributed by atoms with van der Waals surface area (Å²) in [6.07, 6.45) is 8.42. The normalized spacial score (nSPS) is 17.8. The second kappa shape index (κ2) is 7.07. The Balaban J connectivity index is 1.88. The van der Waals surface area contributed by atoms with Crippen LogP contribution in [0.1, 0.15) is 63.3 Å². The molecule has 0 bridgehead atoms. The van der Waals surface area contributed by atoms with Gasteiger partial charge in [-0.2, -0.15) is 5.10 Å². The van der Waals surface area contributed by atoms with Gasteiger partial charge in [-0.1, -0.05) is 19.3 Å². The molecule has 1 unspecified atom stereocenters. The maximum Gasteiger partial charge on any atom is 0.166 e. The number of rotatable bonds is 4. The summed E-state index contributed by atoms with van der Waals surface area (Å²) in [5, 5.41) is 12.0. The first kappa shape index (κ1) is 15.3. The minimum atomic E-state index is 0.193. The largest absolute Gasteiger partial charge is 0.360 e. The summed E-state index contributed by atoms with van der Waals surface area (Å²) in [5.74, 6) is 0. The Kier molecular flexibility index (Phi) is 5.40. The highest BCUT2D eigenvalue weighted by atomic mass is 32.1. The highest BCUT2D eigenvalue weighted by Gasteiger charge is 2.17. The zero-order valence-electron chi connectivity index (χ0n) is 12.8. The highest BCUT2D eigenvalue weighted by molar-refractivity contribution is 7.80. The second-order valence-corrected chi connectivity index (χ2v) is 6.08. The molecule has 1 aliphatic carbocycles. The van der Waals surface area contributed by atoms with Crippen molar-refractivity contribution in [2.45, 2.75) is 71.5 Å². The first-order chi connectivity index (χ1) is 9.61. The molecule has 1 fully saturated rings. The van der Waals surface area contributed by atoms with Crippen molar-refractivity contribution in [2.75, 3.05) is 0 Å². The molecule has 1 heterocycles. The van der Waals surface area contributed by atoms with Crippen LogP contribution >= 0.6 is 12.2 Å². The molecule has 20 heavy (non-hydrogen) atoms. The van der Waals surface area contributed by atoms with Crippen LogP contribution in [0.25, 0.3) is 0 Å². The van der Waals surface area contributed by atoms with Gasteiger partial charge in [-0.3, -0.25) is 4.68 Å². The maximum atomic E-state index is 5.44. The van der Waals surface area contributed by atoms with Gasteiger partial charge < -0.3 is 10.6 Å². The van der Waals surface area contributed by atoms with E-state index in [-0.39, 0.29) is 6.04 Å². The Bertz CT molecular complexity index is 449. The predicted molar refractivity (Wildman–Crippen MR) is 86.8 cm³/mol. The fourth-order valence-corrected chi connectivity index (χ4v) is 3.30. The summed E-state index contributed by atoms with van der Waals surface area (Å²) in [5.41, 5.74) is 2.44. The molecule has 1 aliphatic rings. The lowest BCUT2D eigenvalue weighted by Crippen LogP contribution is -2.43. The van der Waals surface area contributed by atoms with E-state index in [2.05, 4.69) is 36.5 Å².